The second-order valence-corrected chi connectivity index (χ2v) is 4.91. The highest BCUT2D eigenvalue weighted by molar-refractivity contribution is 14.0. The smallest absolute Gasteiger partial charge is 0.274 e. The number of allylic oxidation sites excluding steroid dienone is 1. The lowest BCUT2D eigenvalue weighted by atomic mass is 10.2. The highest BCUT2D eigenvalue weighted by Crippen LogP contribution is 2.18. The van der Waals surface area contributed by atoms with Gasteiger partial charge < -0.3 is 10.2 Å². The second kappa shape index (κ2) is 11.9. The molecule has 0 amide bonds. The van der Waals surface area contributed by atoms with Crippen LogP contribution < -0.4 is 5.32 Å². The Morgan fingerprint density at radius 3 is 2.78 bits per heavy atom. The minimum Gasteiger partial charge on any atom is -0.357 e. The van der Waals surface area contributed by atoms with Crippen LogP contribution in [0.4, 0.5) is 5.69 Å². The number of nitrogens with zero attached hydrogens (tertiary/aromatic N) is 3. The monoisotopic (exact) mass is 432 g/mol. The number of hydrogen-bond acceptors (Lipinski definition) is 3. The molecule has 1 aromatic rings. The number of hydrogen-bond donors (Lipinski definition) is 1. The largest absolute Gasteiger partial charge is 0.357 e. The number of halogens is 1. The maximum absolute atomic E-state index is 11.0. The van der Waals surface area contributed by atoms with E-state index in [1.54, 1.807) is 18.2 Å². The number of unbranched alkanes of at least 4 members (excludes halogenated alkanes) is 1. The average Bonchev–Trinajstić information content (AvgIpc) is 2.51. The Morgan fingerprint density at radius 2 is 2.17 bits per heavy atom. The summed E-state index contributed by atoms with van der Waals surface area (Å²) in [6.45, 7) is 7.60. The third-order valence-electron chi connectivity index (χ3n) is 3.19. The third kappa shape index (κ3) is 7.45. The van der Waals surface area contributed by atoms with Gasteiger partial charge in [-0.3, -0.25) is 10.1 Å². The zero-order chi connectivity index (χ0) is 16.4. The SMILES string of the molecule is C=CCCCN(C)C(=NCc1ccccc1[N+](=O)[O-])NCC.I. The van der Waals surface area contributed by atoms with Crippen LogP contribution in [0.5, 0.6) is 0 Å². The fraction of sp³-hybridized carbons (Fsp3) is 0.438. The Bertz CT molecular complexity index is 535. The van der Waals surface area contributed by atoms with Crippen molar-refractivity contribution in [1.82, 2.24) is 10.2 Å². The van der Waals surface area contributed by atoms with E-state index in [9.17, 15) is 10.1 Å². The van der Waals surface area contributed by atoms with E-state index in [0.717, 1.165) is 31.9 Å². The van der Waals surface area contributed by atoms with Crippen molar-refractivity contribution in [2.75, 3.05) is 20.1 Å². The van der Waals surface area contributed by atoms with Gasteiger partial charge in [-0.2, -0.15) is 0 Å². The fourth-order valence-corrected chi connectivity index (χ4v) is 2.03. The minimum absolute atomic E-state index is 0. The average molecular weight is 432 g/mol. The number of rotatable bonds is 8. The molecule has 0 heterocycles. The second-order valence-electron chi connectivity index (χ2n) is 4.91. The first kappa shape index (κ1) is 21.4. The van der Waals surface area contributed by atoms with Gasteiger partial charge in [-0.1, -0.05) is 24.3 Å². The molecule has 6 nitrogen and oxygen atoms in total. The topological polar surface area (TPSA) is 70.8 Å². The maximum atomic E-state index is 11.0. The summed E-state index contributed by atoms with van der Waals surface area (Å²) in [7, 11) is 1.96. The maximum Gasteiger partial charge on any atom is 0.274 e. The quantitative estimate of drug-likeness (QED) is 0.130. The van der Waals surface area contributed by atoms with Crippen molar-refractivity contribution in [3.63, 3.8) is 0 Å². The van der Waals surface area contributed by atoms with E-state index in [1.807, 2.05) is 24.9 Å². The third-order valence-corrected chi connectivity index (χ3v) is 3.19. The van der Waals surface area contributed by atoms with Crippen molar-refractivity contribution in [2.24, 2.45) is 4.99 Å². The predicted molar refractivity (Wildman–Crippen MR) is 105 cm³/mol. The van der Waals surface area contributed by atoms with Gasteiger partial charge in [0, 0.05) is 26.2 Å². The molecule has 0 aliphatic rings. The molecule has 1 aromatic carbocycles. The Kier molecular flexibility index (Phi) is 11.0. The van der Waals surface area contributed by atoms with Crippen LogP contribution in [0.1, 0.15) is 25.3 Å². The number of benzene rings is 1. The Balaban J connectivity index is 0.00000484. The van der Waals surface area contributed by atoms with Gasteiger partial charge in [-0.25, -0.2) is 4.99 Å². The van der Waals surface area contributed by atoms with Gasteiger partial charge in [-0.15, -0.1) is 30.6 Å². The van der Waals surface area contributed by atoms with E-state index < -0.39 is 0 Å². The molecule has 0 saturated heterocycles. The summed E-state index contributed by atoms with van der Waals surface area (Å²) in [5, 5.41) is 14.2. The van der Waals surface area contributed by atoms with Gasteiger partial charge in [0.05, 0.1) is 17.0 Å². The molecule has 0 aliphatic carbocycles. The van der Waals surface area contributed by atoms with Crippen molar-refractivity contribution in [2.45, 2.75) is 26.3 Å². The molecule has 0 aliphatic heterocycles. The molecular weight excluding hydrogens is 407 g/mol. The standard InChI is InChI=1S/C16H24N4O2.HI/c1-4-6-9-12-19(3)16(17-5-2)18-13-14-10-7-8-11-15(14)20(21)22;/h4,7-8,10-11H,1,5-6,9,12-13H2,2-3H3,(H,17,18);1H. The minimum atomic E-state index is -0.369. The highest BCUT2D eigenvalue weighted by atomic mass is 127. The van der Waals surface area contributed by atoms with Crippen molar-refractivity contribution >= 4 is 35.6 Å². The lowest BCUT2D eigenvalue weighted by Gasteiger charge is -2.21. The molecule has 0 radical (unpaired) electrons. The molecule has 0 aromatic heterocycles. The van der Waals surface area contributed by atoms with E-state index >= 15 is 0 Å². The van der Waals surface area contributed by atoms with Gasteiger partial charge in [0.1, 0.15) is 0 Å². The summed E-state index contributed by atoms with van der Waals surface area (Å²) in [6, 6.07) is 6.70. The predicted octanol–water partition coefficient (Wildman–Crippen LogP) is 3.58. The fourth-order valence-electron chi connectivity index (χ4n) is 2.03. The number of nitrogens with one attached hydrogen (secondary N) is 1. The first-order chi connectivity index (χ1) is 10.6. The van der Waals surface area contributed by atoms with Crippen LogP contribution in [0.25, 0.3) is 0 Å². The van der Waals surface area contributed by atoms with Gasteiger partial charge in [-0.05, 0) is 19.8 Å². The van der Waals surface area contributed by atoms with Crippen molar-refractivity contribution in [1.29, 1.82) is 0 Å². The van der Waals surface area contributed by atoms with Crippen LogP contribution in [0.2, 0.25) is 0 Å². The van der Waals surface area contributed by atoms with E-state index in [1.165, 1.54) is 6.07 Å². The molecule has 0 unspecified atom stereocenters. The number of nitro benzene ring substituents is 1. The van der Waals surface area contributed by atoms with Crippen LogP contribution >= 0.6 is 24.0 Å². The van der Waals surface area contributed by atoms with Gasteiger partial charge in [0.25, 0.3) is 5.69 Å². The molecule has 7 heteroatoms. The molecule has 0 atom stereocenters. The number of para-hydroxylation sites is 1. The summed E-state index contributed by atoms with van der Waals surface area (Å²) >= 11 is 0. The van der Waals surface area contributed by atoms with E-state index in [-0.39, 0.29) is 41.1 Å². The van der Waals surface area contributed by atoms with Crippen LogP contribution in [0, 0.1) is 10.1 Å². The van der Waals surface area contributed by atoms with Crippen molar-refractivity contribution in [3.05, 3.63) is 52.6 Å². The van der Waals surface area contributed by atoms with E-state index in [4.69, 9.17) is 0 Å². The Morgan fingerprint density at radius 1 is 1.48 bits per heavy atom. The summed E-state index contributed by atoms with van der Waals surface area (Å²) in [4.78, 5) is 17.2. The molecular formula is C16H25IN4O2. The van der Waals surface area contributed by atoms with Gasteiger partial charge in [0.15, 0.2) is 5.96 Å². The summed E-state index contributed by atoms with van der Waals surface area (Å²) in [5.41, 5.74) is 0.721. The number of guanidine groups is 1. The summed E-state index contributed by atoms with van der Waals surface area (Å²) < 4.78 is 0. The number of nitro groups is 1. The van der Waals surface area contributed by atoms with Crippen LogP contribution in [0.15, 0.2) is 41.9 Å². The van der Waals surface area contributed by atoms with E-state index in [2.05, 4.69) is 16.9 Å². The first-order valence-electron chi connectivity index (χ1n) is 7.42. The van der Waals surface area contributed by atoms with Gasteiger partial charge in [0.2, 0.25) is 0 Å². The van der Waals surface area contributed by atoms with Crippen molar-refractivity contribution in [3.8, 4) is 0 Å². The normalized spacial score (nSPS) is 10.6. The number of aliphatic imine (C=N–C) groups is 1. The zero-order valence-corrected chi connectivity index (χ0v) is 16.0. The first-order valence-corrected chi connectivity index (χ1v) is 7.42. The molecule has 23 heavy (non-hydrogen) atoms. The zero-order valence-electron chi connectivity index (χ0n) is 13.7. The molecule has 0 fully saturated rings. The molecule has 1 N–H and O–H groups in total. The molecule has 0 bridgehead atoms. The summed E-state index contributed by atoms with van der Waals surface area (Å²) in [5.74, 6) is 0.754. The lowest BCUT2D eigenvalue weighted by molar-refractivity contribution is -0.385. The summed E-state index contributed by atoms with van der Waals surface area (Å²) in [6.07, 6.45) is 3.84. The molecule has 128 valence electrons. The molecule has 0 saturated carbocycles. The van der Waals surface area contributed by atoms with Gasteiger partial charge >= 0.3 is 0 Å². The van der Waals surface area contributed by atoms with Crippen LogP contribution in [0.3, 0.4) is 0 Å². The lowest BCUT2D eigenvalue weighted by Crippen LogP contribution is -2.39. The molecule has 1 rings (SSSR count). The Hall–Kier alpha value is -1.64. The van der Waals surface area contributed by atoms with Crippen molar-refractivity contribution < 1.29 is 4.92 Å². The van der Waals surface area contributed by atoms with Crippen LogP contribution in [-0.4, -0.2) is 35.9 Å². The molecule has 0 spiro atoms. The van der Waals surface area contributed by atoms with E-state index in [0.29, 0.717) is 5.56 Å². The highest BCUT2D eigenvalue weighted by Gasteiger charge is 2.12. The Labute approximate surface area is 154 Å². The van der Waals surface area contributed by atoms with Crippen LogP contribution in [-0.2, 0) is 6.54 Å².